The van der Waals surface area contributed by atoms with E-state index in [1.54, 1.807) is 0 Å². The molecule has 1 heteroatoms. The number of rotatable bonds is 1. The van der Waals surface area contributed by atoms with Crippen LogP contribution in [0.25, 0.3) is 0 Å². The topological polar surface area (TPSA) is 12.4 Å². The van der Waals surface area contributed by atoms with Crippen LogP contribution < -0.4 is 0 Å². The summed E-state index contributed by atoms with van der Waals surface area (Å²) in [5.41, 5.74) is 5.29. The van der Waals surface area contributed by atoms with Crippen LogP contribution in [0.1, 0.15) is 13.8 Å². The van der Waals surface area contributed by atoms with Gasteiger partial charge in [0, 0.05) is 11.5 Å². The number of nitrogens with zero attached hydrogens (tertiary/aromatic N) is 1. The van der Waals surface area contributed by atoms with Gasteiger partial charge in [0.15, 0.2) is 0 Å². The van der Waals surface area contributed by atoms with Crippen molar-refractivity contribution in [3.8, 4) is 0 Å². The van der Waals surface area contributed by atoms with Crippen LogP contribution in [0.15, 0.2) is 64.2 Å². The Balaban J connectivity index is 2.06. The molecule has 1 unspecified atom stereocenters. The Morgan fingerprint density at radius 2 is 1.88 bits per heavy atom. The van der Waals surface area contributed by atoms with Gasteiger partial charge >= 0.3 is 0 Å². The fourth-order valence-corrected chi connectivity index (χ4v) is 2.63. The van der Waals surface area contributed by atoms with Gasteiger partial charge in [-0.25, -0.2) is 0 Å². The Labute approximate surface area is 96.3 Å². The molecule has 0 bridgehead atoms. The van der Waals surface area contributed by atoms with Crippen molar-refractivity contribution >= 4 is 5.71 Å². The molecule has 0 N–H and O–H groups in total. The predicted octanol–water partition coefficient (Wildman–Crippen LogP) is 3.38. The zero-order chi connectivity index (χ0) is 11.1. The highest BCUT2D eigenvalue weighted by Gasteiger charge is 2.33. The molecule has 0 aromatic rings. The van der Waals surface area contributed by atoms with E-state index in [0.29, 0.717) is 12.0 Å². The normalized spacial score (nSPS) is 26.4. The van der Waals surface area contributed by atoms with Crippen LogP contribution in [-0.2, 0) is 0 Å². The Hall–Kier alpha value is -1.63. The fourth-order valence-electron chi connectivity index (χ4n) is 2.63. The highest BCUT2D eigenvalue weighted by atomic mass is 14.9. The van der Waals surface area contributed by atoms with Crippen molar-refractivity contribution in [1.82, 2.24) is 0 Å². The third-order valence-electron chi connectivity index (χ3n) is 3.34. The van der Waals surface area contributed by atoms with Crippen LogP contribution in [0.4, 0.5) is 0 Å². The lowest BCUT2D eigenvalue weighted by Gasteiger charge is -2.16. The van der Waals surface area contributed by atoms with Crippen molar-refractivity contribution in [2.45, 2.75) is 19.9 Å². The van der Waals surface area contributed by atoms with Crippen molar-refractivity contribution in [1.29, 1.82) is 0 Å². The summed E-state index contributed by atoms with van der Waals surface area (Å²) in [7, 11) is 0. The maximum absolute atomic E-state index is 4.84. The number of aliphatic imine (C=N–C) groups is 1. The number of hydrogen-bond acceptors (Lipinski definition) is 1. The molecule has 1 atom stereocenters. The molecule has 2 aliphatic carbocycles. The molecule has 1 heterocycles. The smallest absolute Gasteiger partial charge is 0.0859 e. The van der Waals surface area contributed by atoms with E-state index in [4.69, 9.17) is 4.99 Å². The minimum Gasteiger partial charge on any atom is -0.276 e. The van der Waals surface area contributed by atoms with Crippen LogP contribution >= 0.6 is 0 Å². The summed E-state index contributed by atoms with van der Waals surface area (Å²) in [5.74, 6) is 0.442. The minimum absolute atomic E-state index is 0.297. The number of allylic oxidation sites excluding steroid dienone is 6. The van der Waals surface area contributed by atoms with Crippen molar-refractivity contribution < 1.29 is 0 Å². The van der Waals surface area contributed by atoms with Crippen molar-refractivity contribution in [3.63, 3.8) is 0 Å². The Morgan fingerprint density at radius 3 is 2.56 bits per heavy atom. The van der Waals surface area contributed by atoms with E-state index in [0.717, 1.165) is 5.71 Å². The second-order valence-corrected chi connectivity index (χ2v) is 4.66. The molecule has 3 aliphatic rings. The van der Waals surface area contributed by atoms with Crippen molar-refractivity contribution in [2.24, 2.45) is 10.9 Å². The van der Waals surface area contributed by atoms with E-state index in [2.05, 4.69) is 56.4 Å². The van der Waals surface area contributed by atoms with Gasteiger partial charge in [-0.05, 0) is 25.5 Å². The molecule has 0 spiro atoms. The summed E-state index contributed by atoms with van der Waals surface area (Å²) in [6.07, 6.45) is 15.1. The third kappa shape index (κ3) is 1.28. The van der Waals surface area contributed by atoms with Crippen LogP contribution in [0, 0.1) is 5.92 Å². The van der Waals surface area contributed by atoms with Gasteiger partial charge < -0.3 is 0 Å². The minimum atomic E-state index is 0.297. The maximum atomic E-state index is 4.84. The first-order chi connectivity index (χ1) is 7.77. The van der Waals surface area contributed by atoms with Crippen molar-refractivity contribution in [2.75, 3.05) is 0 Å². The molecule has 80 valence electrons. The van der Waals surface area contributed by atoms with Gasteiger partial charge in [0.05, 0.1) is 11.8 Å². The highest BCUT2D eigenvalue weighted by molar-refractivity contribution is 6.16. The molecule has 0 aromatic carbocycles. The molecule has 0 amide bonds. The first kappa shape index (κ1) is 9.59. The van der Waals surface area contributed by atoms with Gasteiger partial charge in [-0.3, -0.25) is 4.99 Å². The van der Waals surface area contributed by atoms with Gasteiger partial charge in [0.1, 0.15) is 0 Å². The molecule has 0 fully saturated rings. The SMILES string of the molecule is CC(C)=C1C2=CC=CC2=NC1C1C=CC=C1. The zero-order valence-corrected chi connectivity index (χ0v) is 9.64. The Bertz CT molecular complexity index is 494. The fraction of sp³-hybridized carbons (Fsp3) is 0.267. The quantitative estimate of drug-likeness (QED) is 0.627. The second-order valence-electron chi connectivity index (χ2n) is 4.66. The van der Waals surface area contributed by atoms with E-state index >= 15 is 0 Å². The molecule has 0 aromatic heterocycles. The molecule has 1 aliphatic heterocycles. The lowest BCUT2D eigenvalue weighted by Crippen LogP contribution is -2.14. The van der Waals surface area contributed by atoms with Crippen LogP contribution in [-0.4, -0.2) is 11.8 Å². The molecular formula is C15H15N. The summed E-state index contributed by atoms with van der Waals surface area (Å²) in [4.78, 5) is 4.84. The molecule has 1 nitrogen and oxygen atoms in total. The zero-order valence-electron chi connectivity index (χ0n) is 9.64. The molecule has 0 saturated heterocycles. The monoisotopic (exact) mass is 209 g/mol. The number of hydrogen-bond donors (Lipinski definition) is 0. The average molecular weight is 209 g/mol. The molecule has 0 saturated carbocycles. The first-order valence-electron chi connectivity index (χ1n) is 5.76. The predicted molar refractivity (Wildman–Crippen MR) is 68.6 cm³/mol. The van der Waals surface area contributed by atoms with Crippen LogP contribution in [0.5, 0.6) is 0 Å². The number of fused-ring (bicyclic) bond motifs is 1. The largest absolute Gasteiger partial charge is 0.276 e. The second kappa shape index (κ2) is 3.44. The van der Waals surface area contributed by atoms with Gasteiger partial charge in [-0.2, -0.15) is 0 Å². The van der Waals surface area contributed by atoms with Gasteiger partial charge in [-0.15, -0.1) is 0 Å². The molecule has 3 rings (SSSR count). The maximum Gasteiger partial charge on any atom is 0.0859 e. The standard InChI is InChI=1S/C15H15N/c1-10(2)14-12-8-5-9-13(12)16-15(14)11-6-3-4-7-11/h3-9,11,15H,1-2H3. The lowest BCUT2D eigenvalue weighted by atomic mass is 9.89. The van der Waals surface area contributed by atoms with E-state index < -0.39 is 0 Å². The summed E-state index contributed by atoms with van der Waals surface area (Å²) in [6.45, 7) is 4.37. The summed E-state index contributed by atoms with van der Waals surface area (Å²) in [6, 6.07) is 0.297. The molecule has 0 radical (unpaired) electrons. The van der Waals surface area contributed by atoms with Gasteiger partial charge in [-0.1, -0.05) is 42.0 Å². The van der Waals surface area contributed by atoms with Crippen molar-refractivity contribution in [3.05, 3.63) is 59.3 Å². The first-order valence-corrected chi connectivity index (χ1v) is 5.76. The van der Waals surface area contributed by atoms with Crippen LogP contribution in [0.2, 0.25) is 0 Å². The summed E-state index contributed by atoms with van der Waals surface area (Å²) in [5, 5.41) is 0. The molecule has 16 heavy (non-hydrogen) atoms. The third-order valence-corrected chi connectivity index (χ3v) is 3.34. The van der Waals surface area contributed by atoms with E-state index in [1.807, 2.05) is 0 Å². The summed E-state index contributed by atoms with van der Waals surface area (Å²) < 4.78 is 0. The van der Waals surface area contributed by atoms with Gasteiger partial charge in [0.25, 0.3) is 0 Å². The van der Waals surface area contributed by atoms with Gasteiger partial charge in [0.2, 0.25) is 0 Å². The lowest BCUT2D eigenvalue weighted by molar-refractivity contribution is 0.686. The highest BCUT2D eigenvalue weighted by Crippen LogP contribution is 2.37. The Kier molecular flexibility index (Phi) is 2.06. The molecular weight excluding hydrogens is 194 g/mol. The van der Waals surface area contributed by atoms with E-state index in [1.165, 1.54) is 16.7 Å². The average Bonchev–Trinajstić information content (AvgIpc) is 2.92. The van der Waals surface area contributed by atoms with E-state index in [-0.39, 0.29) is 0 Å². The Morgan fingerprint density at radius 1 is 1.12 bits per heavy atom. The summed E-state index contributed by atoms with van der Waals surface area (Å²) >= 11 is 0. The van der Waals surface area contributed by atoms with E-state index in [9.17, 15) is 0 Å². The van der Waals surface area contributed by atoms with Crippen LogP contribution in [0.3, 0.4) is 0 Å².